The lowest BCUT2D eigenvalue weighted by Crippen LogP contribution is -2.30. The van der Waals surface area contributed by atoms with Crippen LogP contribution in [-0.4, -0.2) is 37.2 Å². The lowest BCUT2D eigenvalue weighted by atomic mass is 10.1. The summed E-state index contributed by atoms with van der Waals surface area (Å²) in [7, 11) is 0. The van der Waals surface area contributed by atoms with Gasteiger partial charge in [0.1, 0.15) is 13.2 Å². The smallest absolute Gasteiger partial charge is 0.306 e. The molecule has 0 aromatic carbocycles. The quantitative estimate of drug-likeness (QED) is 0.0263. The Morgan fingerprint density at radius 3 is 1.00 bits per heavy atom. The van der Waals surface area contributed by atoms with E-state index in [1.807, 2.05) is 0 Å². The minimum absolute atomic E-state index is 0.106. The minimum atomic E-state index is -0.813. The maximum atomic E-state index is 12.8. The van der Waals surface area contributed by atoms with Gasteiger partial charge in [-0.25, -0.2) is 0 Å². The summed E-state index contributed by atoms with van der Waals surface area (Å²) >= 11 is 0. The van der Waals surface area contributed by atoms with Gasteiger partial charge in [-0.15, -0.1) is 0 Å². The molecule has 0 saturated heterocycles. The van der Waals surface area contributed by atoms with Crippen molar-refractivity contribution in [1.29, 1.82) is 0 Å². The van der Waals surface area contributed by atoms with Gasteiger partial charge in [0.25, 0.3) is 0 Å². The molecular formula is C57H92O6. The maximum Gasteiger partial charge on any atom is 0.306 e. The monoisotopic (exact) mass is 873 g/mol. The zero-order valence-electron chi connectivity index (χ0n) is 40.5. The zero-order chi connectivity index (χ0) is 45.8. The van der Waals surface area contributed by atoms with Crippen LogP contribution in [0.1, 0.15) is 213 Å². The van der Waals surface area contributed by atoms with Gasteiger partial charge in [-0.1, -0.05) is 201 Å². The number of unbranched alkanes of at least 4 members (excludes halogenated alkanes) is 15. The van der Waals surface area contributed by atoms with E-state index in [4.69, 9.17) is 14.2 Å². The first kappa shape index (κ1) is 59.1. The second-order valence-electron chi connectivity index (χ2n) is 16.3. The lowest BCUT2D eigenvalue weighted by Gasteiger charge is -2.18. The predicted molar refractivity (Wildman–Crippen MR) is 270 cm³/mol. The molecule has 0 amide bonds. The van der Waals surface area contributed by atoms with Gasteiger partial charge >= 0.3 is 17.9 Å². The van der Waals surface area contributed by atoms with Crippen molar-refractivity contribution in [3.05, 3.63) is 109 Å². The highest BCUT2D eigenvalue weighted by Crippen LogP contribution is 2.13. The Balaban J connectivity index is 4.51. The fourth-order valence-corrected chi connectivity index (χ4v) is 6.52. The van der Waals surface area contributed by atoms with Crippen LogP contribution in [0.25, 0.3) is 0 Å². The van der Waals surface area contributed by atoms with Crippen LogP contribution in [-0.2, 0) is 28.6 Å². The average Bonchev–Trinajstić information content (AvgIpc) is 3.28. The first-order valence-electron chi connectivity index (χ1n) is 25.4. The van der Waals surface area contributed by atoms with Gasteiger partial charge in [-0.3, -0.25) is 14.4 Å². The molecule has 0 N–H and O–H groups in total. The first-order valence-corrected chi connectivity index (χ1v) is 25.4. The number of hydrogen-bond acceptors (Lipinski definition) is 6. The van der Waals surface area contributed by atoms with E-state index in [-0.39, 0.29) is 37.5 Å². The number of ether oxygens (including phenoxy) is 3. The zero-order valence-corrected chi connectivity index (χ0v) is 40.5. The molecule has 0 heterocycles. The molecule has 0 aliphatic rings. The van der Waals surface area contributed by atoms with Crippen molar-refractivity contribution in [2.75, 3.05) is 13.2 Å². The van der Waals surface area contributed by atoms with E-state index in [0.717, 1.165) is 116 Å². The van der Waals surface area contributed by atoms with E-state index in [0.29, 0.717) is 19.3 Å². The van der Waals surface area contributed by atoms with E-state index in [1.165, 1.54) is 51.4 Å². The summed E-state index contributed by atoms with van der Waals surface area (Å²) in [4.78, 5) is 37.9. The van der Waals surface area contributed by atoms with Gasteiger partial charge in [-0.2, -0.15) is 0 Å². The Labute approximate surface area is 387 Å². The first-order chi connectivity index (χ1) is 31.0. The summed E-state index contributed by atoms with van der Waals surface area (Å²) in [5, 5.41) is 0. The molecule has 0 spiro atoms. The van der Waals surface area contributed by atoms with E-state index in [9.17, 15) is 14.4 Å². The summed E-state index contributed by atoms with van der Waals surface area (Å²) < 4.78 is 16.7. The van der Waals surface area contributed by atoms with Crippen LogP contribution < -0.4 is 0 Å². The Morgan fingerprint density at radius 2 is 0.619 bits per heavy atom. The van der Waals surface area contributed by atoms with Crippen LogP contribution in [0.4, 0.5) is 0 Å². The summed E-state index contributed by atoms with van der Waals surface area (Å²) in [6, 6.07) is 0. The van der Waals surface area contributed by atoms with Crippen LogP contribution in [0.15, 0.2) is 109 Å². The van der Waals surface area contributed by atoms with Crippen molar-refractivity contribution in [3.63, 3.8) is 0 Å². The number of rotatable bonds is 44. The highest BCUT2D eigenvalue weighted by Gasteiger charge is 2.19. The summed E-state index contributed by atoms with van der Waals surface area (Å²) in [6.45, 7) is 6.32. The van der Waals surface area contributed by atoms with Crippen LogP contribution >= 0.6 is 0 Å². The molecular weight excluding hydrogens is 781 g/mol. The Kier molecular flexibility index (Phi) is 47.5. The molecule has 0 saturated carbocycles. The molecule has 0 aliphatic heterocycles. The molecule has 0 aromatic heterocycles. The lowest BCUT2D eigenvalue weighted by molar-refractivity contribution is -0.167. The van der Waals surface area contributed by atoms with Gasteiger partial charge in [0.15, 0.2) is 6.10 Å². The normalized spacial score (nSPS) is 13.0. The third kappa shape index (κ3) is 49.0. The maximum absolute atomic E-state index is 12.8. The molecule has 63 heavy (non-hydrogen) atoms. The predicted octanol–water partition coefficient (Wildman–Crippen LogP) is 16.8. The number of carbonyl (C=O) groups is 3. The third-order valence-electron chi connectivity index (χ3n) is 10.3. The topological polar surface area (TPSA) is 78.9 Å². The summed E-state index contributed by atoms with van der Waals surface area (Å²) in [5.41, 5.74) is 0. The molecule has 0 radical (unpaired) electrons. The number of hydrogen-bond donors (Lipinski definition) is 0. The van der Waals surface area contributed by atoms with Crippen molar-refractivity contribution in [2.24, 2.45) is 0 Å². The van der Waals surface area contributed by atoms with E-state index >= 15 is 0 Å². The molecule has 0 unspecified atom stereocenters. The van der Waals surface area contributed by atoms with Gasteiger partial charge < -0.3 is 14.2 Å². The van der Waals surface area contributed by atoms with Crippen LogP contribution in [0.2, 0.25) is 0 Å². The molecule has 0 rings (SSSR count). The molecule has 0 bridgehead atoms. The van der Waals surface area contributed by atoms with E-state index < -0.39 is 6.10 Å². The van der Waals surface area contributed by atoms with Crippen molar-refractivity contribution >= 4 is 17.9 Å². The number of esters is 3. The molecule has 356 valence electrons. The second kappa shape index (κ2) is 50.7. The van der Waals surface area contributed by atoms with Gasteiger partial charge in [-0.05, 0) is 103 Å². The van der Waals surface area contributed by atoms with Crippen LogP contribution in [0, 0.1) is 0 Å². The molecule has 6 heteroatoms. The fourth-order valence-electron chi connectivity index (χ4n) is 6.52. The largest absolute Gasteiger partial charge is 0.462 e. The Hall–Kier alpha value is -3.93. The van der Waals surface area contributed by atoms with Crippen molar-refractivity contribution in [2.45, 2.75) is 219 Å². The minimum Gasteiger partial charge on any atom is -0.462 e. The second-order valence-corrected chi connectivity index (χ2v) is 16.3. The fraction of sp³-hybridized carbons (Fsp3) is 0.632. The summed E-state index contributed by atoms with van der Waals surface area (Å²) in [6.07, 6.45) is 67.9. The number of allylic oxidation sites excluding steroid dienone is 18. The van der Waals surface area contributed by atoms with Gasteiger partial charge in [0, 0.05) is 19.3 Å². The standard InChI is InChI=1S/C57H92O6/c1-4-7-10-13-16-19-22-24-26-27-28-29-31-32-35-38-41-44-47-50-56(59)62-53-54(52-61-55(58)49-46-43-40-37-34-21-18-15-12-9-6-3)63-57(60)51-48-45-42-39-36-33-30-25-23-20-17-14-11-8-5-2/h7-8,10-11,16-17,19-20,24-26,28-30,32,35-36,39,54H,4-6,9,12-15,18,21-23,27,31,33-34,37-38,40-53H2,1-3H3/b10-7-,11-8-,19-16-,20-17-,26-24-,29-28-,30-25-,35-32-,39-36-/t54-/m0/s1. The Bertz CT molecular complexity index is 1330. The van der Waals surface area contributed by atoms with E-state index in [1.54, 1.807) is 0 Å². The average molecular weight is 873 g/mol. The molecule has 0 fully saturated rings. The SMILES string of the molecule is CC/C=C\C/C=C\C/C=C\C/C=C\C/C=C\CCCCCC(=O)OC[C@H](COC(=O)CCCCCCCCCCCCC)OC(=O)CCCC/C=C\C/C=C\C/C=C\C/C=C\CC. The van der Waals surface area contributed by atoms with Crippen LogP contribution in [0.3, 0.4) is 0 Å². The highest BCUT2D eigenvalue weighted by molar-refractivity contribution is 5.71. The molecule has 0 aliphatic carbocycles. The molecule has 0 aromatic rings. The van der Waals surface area contributed by atoms with Crippen LogP contribution in [0.5, 0.6) is 0 Å². The number of carbonyl (C=O) groups excluding carboxylic acids is 3. The van der Waals surface area contributed by atoms with Crippen molar-refractivity contribution in [3.8, 4) is 0 Å². The van der Waals surface area contributed by atoms with Gasteiger partial charge in [0.05, 0.1) is 0 Å². The summed E-state index contributed by atoms with van der Waals surface area (Å²) in [5.74, 6) is -0.988. The van der Waals surface area contributed by atoms with Crippen molar-refractivity contribution in [1.82, 2.24) is 0 Å². The van der Waals surface area contributed by atoms with Crippen molar-refractivity contribution < 1.29 is 28.6 Å². The highest BCUT2D eigenvalue weighted by atomic mass is 16.6. The molecule has 6 nitrogen and oxygen atoms in total. The third-order valence-corrected chi connectivity index (χ3v) is 10.3. The molecule has 1 atom stereocenters. The Morgan fingerprint density at radius 1 is 0.333 bits per heavy atom. The van der Waals surface area contributed by atoms with E-state index in [2.05, 4.69) is 130 Å². The van der Waals surface area contributed by atoms with Gasteiger partial charge in [0.2, 0.25) is 0 Å².